The number of amides is 1. The summed E-state index contributed by atoms with van der Waals surface area (Å²) in [6.07, 6.45) is 8.32. The summed E-state index contributed by atoms with van der Waals surface area (Å²) < 4.78 is 8.87. The highest BCUT2D eigenvalue weighted by molar-refractivity contribution is 6.03. The van der Waals surface area contributed by atoms with Crippen molar-refractivity contribution in [2.75, 3.05) is 5.32 Å². The van der Waals surface area contributed by atoms with Gasteiger partial charge in [-0.2, -0.15) is 5.10 Å². The molecule has 0 atom stereocenters. The number of hydrogen-bond donors (Lipinski definition) is 1. The van der Waals surface area contributed by atoms with Crippen molar-refractivity contribution < 1.29 is 9.53 Å². The Balaban J connectivity index is 1.46. The van der Waals surface area contributed by atoms with E-state index in [9.17, 15) is 9.59 Å². The Morgan fingerprint density at radius 1 is 1.07 bits per heavy atom. The minimum Gasteiger partial charge on any atom is -0.456 e. The number of nitrogens with one attached hydrogen (secondary N) is 1. The van der Waals surface area contributed by atoms with Gasteiger partial charge in [0.05, 0.1) is 18.1 Å². The van der Waals surface area contributed by atoms with Gasteiger partial charge < -0.3 is 14.6 Å². The molecule has 4 heterocycles. The van der Waals surface area contributed by atoms with E-state index in [1.807, 2.05) is 13.2 Å². The first kappa shape index (κ1) is 19.1. The lowest BCUT2D eigenvalue weighted by molar-refractivity contribution is 0.102. The van der Waals surface area contributed by atoms with Crippen LogP contribution in [-0.2, 0) is 14.1 Å². The fraction of sp³-hybridized carbons (Fsp3) is 0.0952. The average molecular weight is 402 g/mol. The summed E-state index contributed by atoms with van der Waals surface area (Å²) in [5.41, 5.74) is 1.28. The number of aromatic nitrogens is 5. The highest BCUT2D eigenvalue weighted by Crippen LogP contribution is 2.25. The van der Waals surface area contributed by atoms with Gasteiger partial charge in [-0.1, -0.05) is 0 Å². The van der Waals surface area contributed by atoms with Crippen molar-refractivity contribution in [3.8, 4) is 22.8 Å². The van der Waals surface area contributed by atoms with E-state index < -0.39 is 5.91 Å². The van der Waals surface area contributed by atoms with E-state index in [0.29, 0.717) is 17.3 Å². The van der Waals surface area contributed by atoms with Gasteiger partial charge in [0.1, 0.15) is 22.9 Å². The van der Waals surface area contributed by atoms with E-state index in [2.05, 4.69) is 20.4 Å². The second kappa shape index (κ2) is 8.00. The second-order valence-corrected chi connectivity index (χ2v) is 6.55. The van der Waals surface area contributed by atoms with Gasteiger partial charge in [-0.3, -0.25) is 19.3 Å². The number of ether oxygens (including phenoxy) is 1. The lowest BCUT2D eigenvalue weighted by Gasteiger charge is -2.08. The van der Waals surface area contributed by atoms with Crippen LogP contribution in [0.4, 0.5) is 5.82 Å². The first-order chi connectivity index (χ1) is 14.5. The zero-order chi connectivity index (χ0) is 21.1. The van der Waals surface area contributed by atoms with Crippen molar-refractivity contribution in [3.05, 3.63) is 83.3 Å². The third-order valence-corrected chi connectivity index (χ3v) is 4.31. The van der Waals surface area contributed by atoms with Crippen molar-refractivity contribution in [1.82, 2.24) is 24.3 Å². The molecule has 4 aromatic heterocycles. The molecular formula is C21H18N6O3. The molecule has 4 rings (SSSR count). The first-order valence-electron chi connectivity index (χ1n) is 9.05. The molecule has 1 N–H and O–H groups in total. The summed E-state index contributed by atoms with van der Waals surface area (Å²) in [4.78, 5) is 32.9. The Kier molecular flexibility index (Phi) is 5.08. The van der Waals surface area contributed by atoms with E-state index in [-0.39, 0.29) is 11.1 Å². The maximum atomic E-state index is 12.3. The number of pyridine rings is 3. The molecule has 0 saturated heterocycles. The van der Waals surface area contributed by atoms with E-state index in [1.165, 1.54) is 16.8 Å². The Labute approximate surface area is 171 Å². The van der Waals surface area contributed by atoms with Crippen molar-refractivity contribution in [3.63, 3.8) is 0 Å². The van der Waals surface area contributed by atoms with Gasteiger partial charge in [0.25, 0.3) is 11.5 Å². The van der Waals surface area contributed by atoms with Crippen LogP contribution in [-0.4, -0.2) is 30.2 Å². The van der Waals surface area contributed by atoms with Gasteiger partial charge in [0.15, 0.2) is 0 Å². The van der Waals surface area contributed by atoms with Gasteiger partial charge in [0.2, 0.25) is 0 Å². The van der Waals surface area contributed by atoms with Crippen LogP contribution in [0.1, 0.15) is 10.4 Å². The second-order valence-electron chi connectivity index (χ2n) is 6.55. The highest BCUT2D eigenvalue weighted by atomic mass is 16.5. The molecule has 0 unspecified atom stereocenters. The number of rotatable bonds is 5. The average Bonchev–Trinajstić information content (AvgIpc) is 3.18. The van der Waals surface area contributed by atoms with Crippen LogP contribution in [0, 0.1) is 0 Å². The molecule has 0 radical (unpaired) electrons. The number of carbonyl (C=O) groups is 1. The number of aryl methyl sites for hydroxylation is 2. The number of carbonyl (C=O) groups excluding carboxylic acids is 1. The maximum absolute atomic E-state index is 12.3. The van der Waals surface area contributed by atoms with Gasteiger partial charge in [-0.25, -0.2) is 4.98 Å². The topological polar surface area (TPSA) is 104 Å². The molecule has 0 aliphatic heterocycles. The van der Waals surface area contributed by atoms with Gasteiger partial charge in [-0.05, 0) is 30.3 Å². The summed E-state index contributed by atoms with van der Waals surface area (Å²) >= 11 is 0. The minimum absolute atomic E-state index is 0.0434. The first-order valence-corrected chi connectivity index (χ1v) is 9.05. The largest absolute Gasteiger partial charge is 0.456 e. The number of anilines is 1. The number of nitrogens with zero attached hydrogens (tertiary/aromatic N) is 5. The zero-order valence-corrected chi connectivity index (χ0v) is 16.3. The molecule has 0 bridgehead atoms. The van der Waals surface area contributed by atoms with Crippen LogP contribution in [0.25, 0.3) is 11.3 Å². The molecule has 0 aliphatic rings. The lowest BCUT2D eigenvalue weighted by atomic mass is 10.2. The molecule has 30 heavy (non-hydrogen) atoms. The molecule has 150 valence electrons. The summed E-state index contributed by atoms with van der Waals surface area (Å²) in [5, 5.41) is 6.75. The summed E-state index contributed by atoms with van der Waals surface area (Å²) in [6.45, 7) is 0. The molecular weight excluding hydrogens is 384 g/mol. The Bertz CT molecular complexity index is 1260. The summed E-state index contributed by atoms with van der Waals surface area (Å²) in [5.74, 6) is 0.874. The smallest absolute Gasteiger partial charge is 0.263 e. The molecule has 4 aromatic rings. The normalized spacial score (nSPS) is 10.6. The van der Waals surface area contributed by atoms with Gasteiger partial charge in [0, 0.05) is 44.3 Å². The van der Waals surface area contributed by atoms with Crippen LogP contribution in [0.5, 0.6) is 11.5 Å². The standard InChI is InChI=1S/C21H18N6O3/c1-26-9-3-4-17(21(26)29)20(28)25-19-6-5-16(12-23-19)30-15-7-8-22-18(10-15)14-11-24-27(2)13-14/h3-13H,1-2H3,(H,23,25,28). The van der Waals surface area contributed by atoms with Crippen molar-refractivity contribution in [2.24, 2.45) is 14.1 Å². The highest BCUT2D eigenvalue weighted by Gasteiger charge is 2.12. The van der Waals surface area contributed by atoms with Crippen LogP contribution in [0.3, 0.4) is 0 Å². The van der Waals surface area contributed by atoms with Crippen LogP contribution < -0.4 is 15.6 Å². The SMILES string of the molecule is Cn1cc(-c2cc(Oc3ccc(NC(=O)c4cccn(C)c4=O)nc3)ccn2)cn1. The quantitative estimate of drug-likeness (QED) is 0.550. The fourth-order valence-electron chi connectivity index (χ4n) is 2.79. The lowest BCUT2D eigenvalue weighted by Crippen LogP contribution is -2.27. The van der Waals surface area contributed by atoms with Crippen molar-refractivity contribution in [2.45, 2.75) is 0 Å². The Morgan fingerprint density at radius 3 is 2.67 bits per heavy atom. The van der Waals surface area contributed by atoms with Crippen molar-refractivity contribution in [1.29, 1.82) is 0 Å². The van der Waals surface area contributed by atoms with Crippen LogP contribution >= 0.6 is 0 Å². The summed E-state index contributed by atoms with van der Waals surface area (Å²) in [7, 11) is 3.42. The predicted octanol–water partition coefficient (Wildman–Crippen LogP) is 2.62. The summed E-state index contributed by atoms with van der Waals surface area (Å²) in [6, 6.07) is 9.92. The van der Waals surface area contributed by atoms with Gasteiger partial charge in [-0.15, -0.1) is 0 Å². The molecule has 1 amide bonds. The molecule has 0 spiro atoms. The van der Waals surface area contributed by atoms with E-state index in [1.54, 1.807) is 60.7 Å². The van der Waals surface area contributed by atoms with Crippen LogP contribution in [0.15, 0.2) is 72.2 Å². The minimum atomic E-state index is -0.521. The molecule has 0 saturated carbocycles. The molecule has 9 heteroatoms. The van der Waals surface area contributed by atoms with Crippen LogP contribution in [0.2, 0.25) is 0 Å². The number of hydrogen-bond acceptors (Lipinski definition) is 6. The molecule has 0 aliphatic carbocycles. The third-order valence-electron chi connectivity index (χ3n) is 4.31. The zero-order valence-electron chi connectivity index (χ0n) is 16.3. The molecule has 0 aromatic carbocycles. The van der Waals surface area contributed by atoms with E-state index in [0.717, 1.165) is 11.3 Å². The van der Waals surface area contributed by atoms with E-state index in [4.69, 9.17) is 4.74 Å². The van der Waals surface area contributed by atoms with E-state index >= 15 is 0 Å². The molecule has 9 nitrogen and oxygen atoms in total. The van der Waals surface area contributed by atoms with Crippen molar-refractivity contribution >= 4 is 11.7 Å². The predicted molar refractivity (Wildman–Crippen MR) is 110 cm³/mol. The Morgan fingerprint density at radius 2 is 1.93 bits per heavy atom. The fourth-order valence-corrected chi connectivity index (χ4v) is 2.79. The maximum Gasteiger partial charge on any atom is 0.263 e. The Hall–Kier alpha value is -4.27. The third kappa shape index (κ3) is 4.09. The molecule has 0 fully saturated rings. The monoisotopic (exact) mass is 402 g/mol. The van der Waals surface area contributed by atoms with Gasteiger partial charge >= 0.3 is 0 Å².